The van der Waals surface area contributed by atoms with Gasteiger partial charge in [-0.05, 0) is 12.1 Å². The van der Waals surface area contributed by atoms with Crippen LogP contribution >= 0.6 is 7.37 Å². The molecular weight excluding hydrogens is 228 g/mol. The number of halogens is 3. The quantitative estimate of drug-likeness (QED) is 0.819. The SMILES string of the molecule is O=P(O)(CC(F)=C(F)F)c1ccccc1. The van der Waals surface area contributed by atoms with Crippen molar-refractivity contribution in [3.8, 4) is 0 Å². The van der Waals surface area contributed by atoms with Gasteiger partial charge in [-0.25, -0.2) is 4.39 Å². The smallest absolute Gasteiger partial charge is 0.302 e. The van der Waals surface area contributed by atoms with Crippen LogP contribution in [-0.2, 0) is 4.57 Å². The predicted octanol–water partition coefficient (Wildman–Crippen LogP) is 2.66. The molecule has 0 radical (unpaired) electrons. The maximum absolute atomic E-state index is 12.5. The van der Waals surface area contributed by atoms with Gasteiger partial charge >= 0.3 is 6.08 Å². The highest BCUT2D eigenvalue weighted by Crippen LogP contribution is 2.42. The lowest BCUT2D eigenvalue weighted by atomic mass is 10.4. The maximum atomic E-state index is 12.5. The molecule has 1 rings (SSSR count). The molecule has 82 valence electrons. The molecule has 1 N–H and O–H groups in total. The summed E-state index contributed by atoms with van der Waals surface area (Å²) in [4.78, 5) is 9.35. The van der Waals surface area contributed by atoms with Crippen LogP contribution in [0.15, 0.2) is 42.2 Å². The maximum Gasteiger partial charge on any atom is 0.302 e. The molecule has 0 bridgehead atoms. The van der Waals surface area contributed by atoms with E-state index in [2.05, 4.69) is 0 Å². The van der Waals surface area contributed by atoms with Crippen LogP contribution in [0.25, 0.3) is 0 Å². The summed E-state index contributed by atoms with van der Waals surface area (Å²) in [5, 5.41) is -0.0404. The number of hydrogen-bond acceptors (Lipinski definition) is 1. The zero-order valence-corrected chi connectivity index (χ0v) is 8.42. The molecule has 0 aliphatic rings. The number of rotatable bonds is 3. The monoisotopic (exact) mass is 236 g/mol. The van der Waals surface area contributed by atoms with Crippen molar-refractivity contribution in [3.63, 3.8) is 0 Å². The minimum Gasteiger partial charge on any atom is -0.341 e. The molecule has 0 aliphatic heterocycles. The summed E-state index contributed by atoms with van der Waals surface area (Å²) in [5.41, 5.74) is 0. The predicted molar refractivity (Wildman–Crippen MR) is 51.1 cm³/mol. The summed E-state index contributed by atoms with van der Waals surface area (Å²) in [7, 11) is -4.07. The lowest BCUT2D eigenvalue weighted by molar-refractivity contribution is 0.378. The van der Waals surface area contributed by atoms with Gasteiger partial charge in [0.25, 0.3) is 0 Å². The molecule has 1 atom stereocenters. The fourth-order valence-corrected chi connectivity index (χ4v) is 2.32. The Hall–Kier alpha value is -1.06. The zero-order chi connectivity index (χ0) is 11.5. The second-order valence-electron chi connectivity index (χ2n) is 2.86. The number of allylic oxidation sites excluding steroid dienone is 1. The molecule has 0 saturated heterocycles. The van der Waals surface area contributed by atoms with Gasteiger partial charge < -0.3 is 4.89 Å². The van der Waals surface area contributed by atoms with Crippen LogP contribution in [0.5, 0.6) is 0 Å². The van der Waals surface area contributed by atoms with Gasteiger partial charge in [0.2, 0.25) is 7.37 Å². The van der Waals surface area contributed by atoms with Crippen molar-refractivity contribution >= 4 is 12.7 Å². The molecule has 1 aromatic rings. The van der Waals surface area contributed by atoms with E-state index in [4.69, 9.17) is 0 Å². The van der Waals surface area contributed by atoms with E-state index in [-0.39, 0.29) is 5.30 Å². The lowest BCUT2D eigenvalue weighted by Gasteiger charge is -2.09. The van der Waals surface area contributed by atoms with Crippen molar-refractivity contribution in [2.24, 2.45) is 0 Å². The normalized spacial score (nSPS) is 14.4. The lowest BCUT2D eigenvalue weighted by Crippen LogP contribution is -2.07. The second kappa shape index (κ2) is 4.64. The summed E-state index contributed by atoms with van der Waals surface area (Å²) in [6, 6.07) is 7.15. The van der Waals surface area contributed by atoms with E-state index >= 15 is 0 Å². The van der Waals surface area contributed by atoms with E-state index in [1.165, 1.54) is 24.3 Å². The summed E-state index contributed by atoms with van der Waals surface area (Å²) in [5.74, 6) is -1.84. The molecule has 1 aromatic carbocycles. The van der Waals surface area contributed by atoms with Crippen molar-refractivity contribution in [2.45, 2.75) is 0 Å². The van der Waals surface area contributed by atoms with Crippen molar-refractivity contribution in [3.05, 3.63) is 42.2 Å². The number of benzene rings is 1. The van der Waals surface area contributed by atoms with Crippen molar-refractivity contribution < 1.29 is 22.6 Å². The largest absolute Gasteiger partial charge is 0.341 e. The van der Waals surface area contributed by atoms with Crippen molar-refractivity contribution in [1.29, 1.82) is 0 Å². The van der Waals surface area contributed by atoms with Gasteiger partial charge in [-0.3, -0.25) is 4.57 Å². The van der Waals surface area contributed by atoms with Crippen molar-refractivity contribution in [1.82, 2.24) is 0 Å². The highest BCUT2D eigenvalue weighted by Gasteiger charge is 2.25. The van der Waals surface area contributed by atoms with Crippen LogP contribution in [0.3, 0.4) is 0 Å². The van der Waals surface area contributed by atoms with E-state index in [9.17, 15) is 22.6 Å². The van der Waals surface area contributed by atoms with Gasteiger partial charge in [0.1, 0.15) is 0 Å². The molecule has 6 heteroatoms. The van der Waals surface area contributed by atoms with Gasteiger partial charge in [0.05, 0.1) is 6.16 Å². The van der Waals surface area contributed by atoms with Gasteiger partial charge in [-0.15, -0.1) is 0 Å². The van der Waals surface area contributed by atoms with Crippen LogP contribution in [0.2, 0.25) is 0 Å². The third-order valence-corrected chi connectivity index (χ3v) is 3.53. The minimum absolute atomic E-state index is 0.0404. The zero-order valence-electron chi connectivity index (χ0n) is 7.53. The topological polar surface area (TPSA) is 37.3 Å². The van der Waals surface area contributed by atoms with Gasteiger partial charge in [0, 0.05) is 5.30 Å². The Morgan fingerprint density at radius 1 is 1.20 bits per heavy atom. The molecule has 0 heterocycles. The fourth-order valence-electron chi connectivity index (χ4n) is 1.00. The third kappa shape index (κ3) is 3.22. The van der Waals surface area contributed by atoms with E-state index in [0.717, 1.165) is 0 Å². The second-order valence-corrected chi connectivity index (χ2v) is 5.10. The van der Waals surface area contributed by atoms with Gasteiger partial charge in [0.15, 0.2) is 5.83 Å². The average Bonchev–Trinajstić information content (AvgIpc) is 2.18. The minimum atomic E-state index is -4.07. The third-order valence-electron chi connectivity index (χ3n) is 1.72. The molecule has 0 aliphatic carbocycles. The summed E-state index contributed by atoms with van der Waals surface area (Å²) >= 11 is 0. The Bertz CT molecular complexity index is 413. The Kier molecular flexibility index (Phi) is 3.72. The summed E-state index contributed by atoms with van der Waals surface area (Å²) in [6.07, 6.45) is -3.72. The average molecular weight is 236 g/mol. The standard InChI is InChI=1S/C9H8F3O2P/c10-8(9(11)12)6-15(13,14)7-4-2-1-3-5-7/h1-5H,6H2,(H,13,14). The Balaban J connectivity index is 2.96. The highest BCUT2D eigenvalue weighted by atomic mass is 31.2. The molecule has 2 nitrogen and oxygen atoms in total. The Morgan fingerprint density at radius 2 is 1.73 bits per heavy atom. The molecule has 0 amide bonds. The molecule has 0 fully saturated rings. The van der Waals surface area contributed by atoms with E-state index in [1.54, 1.807) is 6.07 Å². The van der Waals surface area contributed by atoms with Gasteiger partial charge in [-0.2, -0.15) is 8.78 Å². The van der Waals surface area contributed by atoms with Crippen LogP contribution in [0, 0.1) is 0 Å². The first-order chi connectivity index (χ1) is 6.93. The Morgan fingerprint density at radius 3 is 2.20 bits per heavy atom. The first-order valence-electron chi connectivity index (χ1n) is 4.00. The van der Waals surface area contributed by atoms with E-state index in [1.807, 2.05) is 0 Å². The van der Waals surface area contributed by atoms with Crippen LogP contribution in [-0.4, -0.2) is 11.1 Å². The number of hydrogen-bond donors (Lipinski definition) is 1. The fraction of sp³-hybridized carbons (Fsp3) is 0.111. The van der Waals surface area contributed by atoms with E-state index in [0.29, 0.717) is 0 Å². The molecule has 15 heavy (non-hydrogen) atoms. The first kappa shape index (κ1) is 12.0. The first-order valence-corrected chi connectivity index (χ1v) is 5.85. The molecular formula is C9H8F3O2P. The summed E-state index contributed by atoms with van der Waals surface area (Å²) < 4.78 is 47.5. The molecule has 0 spiro atoms. The molecule has 1 unspecified atom stereocenters. The molecule has 0 saturated carbocycles. The van der Waals surface area contributed by atoms with Gasteiger partial charge in [-0.1, -0.05) is 18.2 Å². The van der Waals surface area contributed by atoms with Crippen LogP contribution in [0.4, 0.5) is 13.2 Å². The highest BCUT2D eigenvalue weighted by molar-refractivity contribution is 7.66. The van der Waals surface area contributed by atoms with E-state index < -0.39 is 25.4 Å². The van der Waals surface area contributed by atoms with Crippen molar-refractivity contribution in [2.75, 3.05) is 6.16 Å². The van der Waals surface area contributed by atoms with Crippen LogP contribution in [0.1, 0.15) is 0 Å². The van der Waals surface area contributed by atoms with Crippen LogP contribution < -0.4 is 5.30 Å². The summed E-state index contributed by atoms with van der Waals surface area (Å²) in [6.45, 7) is 0. The Labute approximate surface area is 84.5 Å². The molecule has 0 aromatic heterocycles.